The summed E-state index contributed by atoms with van der Waals surface area (Å²) >= 11 is 0. The first-order valence-corrected chi connectivity index (χ1v) is 8.98. The minimum atomic E-state index is 0. The maximum Gasteiger partial charge on any atom is 0.191 e. The van der Waals surface area contributed by atoms with Crippen molar-refractivity contribution in [2.45, 2.75) is 52.0 Å². The van der Waals surface area contributed by atoms with Crippen molar-refractivity contribution in [3.63, 3.8) is 0 Å². The van der Waals surface area contributed by atoms with Gasteiger partial charge in [-0.25, -0.2) is 4.98 Å². The molecule has 0 aliphatic carbocycles. The van der Waals surface area contributed by atoms with Crippen LogP contribution in [0.2, 0.25) is 0 Å². The van der Waals surface area contributed by atoms with Gasteiger partial charge in [0.15, 0.2) is 5.96 Å². The largest absolute Gasteiger partial charge is 0.357 e. The highest BCUT2D eigenvalue weighted by molar-refractivity contribution is 14.0. The zero-order valence-corrected chi connectivity index (χ0v) is 17.4. The lowest BCUT2D eigenvalue weighted by molar-refractivity contribution is 0.726. The van der Waals surface area contributed by atoms with Gasteiger partial charge in [-0.15, -0.1) is 24.0 Å². The summed E-state index contributed by atoms with van der Waals surface area (Å²) in [7, 11) is 1.82. The molecule has 1 aliphatic rings. The number of guanidine groups is 1. The normalized spacial score (nSPS) is 15.4. The van der Waals surface area contributed by atoms with Crippen LogP contribution in [0.1, 0.15) is 51.0 Å². The summed E-state index contributed by atoms with van der Waals surface area (Å²) in [4.78, 5) is 11.3. The molecular weight excluding hydrogens is 413 g/mol. The fourth-order valence-corrected chi connectivity index (χ4v) is 2.83. The van der Waals surface area contributed by atoms with E-state index in [0.717, 1.165) is 44.4 Å². The number of hydrogen-bond donors (Lipinski definition) is 2. The fraction of sp³-hybridized carbons (Fsp3) is 0.667. The van der Waals surface area contributed by atoms with E-state index in [1.54, 1.807) is 0 Å². The molecule has 2 N–H and O–H groups in total. The molecule has 1 fully saturated rings. The number of aliphatic imine (C=N–C) groups is 1. The zero-order chi connectivity index (χ0) is 16.3. The summed E-state index contributed by atoms with van der Waals surface area (Å²) in [6, 6.07) is 4.28. The Balaban J connectivity index is 0.00000288. The molecule has 2 rings (SSSR count). The Labute approximate surface area is 163 Å². The summed E-state index contributed by atoms with van der Waals surface area (Å²) in [5.74, 6) is 1.98. The van der Waals surface area contributed by atoms with E-state index < -0.39 is 0 Å². The third kappa shape index (κ3) is 7.23. The van der Waals surface area contributed by atoms with E-state index in [-0.39, 0.29) is 24.0 Å². The second-order valence-corrected chi connectivity index (χ2v) is 6.13. The number of nitrogens with zero attached hydrogens (tertiary/aromatic N) is 3. The van der Waals surface area contributed by atoms with Crippen LogP contribution in [0.5, 0.6) is 0 Å². The van der Waals surface area contributed by atoms with Crippen LogP contribution in [0.3, 0.4) is 0 Å². The Bertz CT molecular complexity index is 484. The molecule has 0 amide bonds. The lowest BCUT2D eigenvalue weighted by Crippen LogP contribution is -2.37. The Hall–Kier alpha value is -1.05. The zero-order valence-electron chi connectivity index (χ0n) is 15.1. The molecule has 0 atom stereocenters. The summed E-state index contributed by atoms with van der Waals surface area (Å²) in [5.41, 5.74) is 1.25. The van der Waals surface area contributed by atoms with E-state index in [1.807, 2.05) is 13.2 Å². The van der Waals surface area contributed by atoms with E-state index >= 15 is 0 Å². The quantitative estimate of drug-likeness (QED) is 0.305. The lowest BCUT2D eigenvalue weighted by atomic mass is 10.2. The molecule has 0 aromatic carbocycles. The standard InChI is InChI=1S/C18H31N5.HI/c1-3-4-10-21-18(19-2)22-15-16-9-11-20-17(14-16)23-12-7-5-6-8-13-23;/h9,11,14H,3-8,10,12-13,15H2,1-2H3,(H2,19,21,22);1H. The molecule has 0 spiro atoms. The number of nitrogens with one attached hydrogen (secondary N) is 2. The average Bonchev–Trinajstić information content (AvgIpc) is 2.87. The Kier molecular flexibility index (Phi) is 10.8. The molecule has 0 saturated carbocycles. The first-order valence-electron chi connectivity index (χ1n) is 8.98. The summed E-state index contributed by atoms with van der Waals surface area (Å²) in [6.07, 6.45) is 9.51. The molecular formula is C18H32IN5. The Morgan fingerprint density at radius 1 is 1.21 bits per heavy atom. The van der Waals surface area contributed by atoms with Crippen LogP contribution in [-0.4, -0.2) is 37.6 Å². The number of hydrogen-bond acceptors (Lipinski definition) is 3. The van der Waals surface area contributed by atoms with Gasteiger partial charge in [-0.05, 0) is 37.0 Å². The Morgan fingerprint density at radius 2 is 1.96 bits per heavy atom. The molecule has 5 nitrogen and oxygen atoms in total. The maximum atomic E-state index is 4.56. The van der Waals surface area contributed by atoms with Crippen molar-refractivity contribution in [1.29, 1.82) is 0 Å². The van der Waals surface area contributed by atoms with Gasteiger partial charge in [-0.3, -0.25) is 4.99 Å². The molecule has 6 heteroatoms. The predicted octanol–water partition coefficient (Wildman–Crippen LogP) is 3.55. The Morgan fingerprint density at radius 3 is 2.62 bits per heavy atom. The van der Waals surface area contributed by atoms with Crippen molar-refractivity contribution in [2.24, 2.45) is 4.99 Å². The van der Waals surface area contributed by atoms with Crippen molar-refractivity contribution in [3.05, 3.63) is 23.9 Å². The van der Waals surface area contributed by atoms with Gasteiger partial charge in [-0.1, -0.05) is 26.2 Å². The molecule has 136 valence electrons. The van der Waals surface area contributed by atoms with Crippen molar-refractivity contribution in [1.82, 2.24) is 15.6 Å². The molecule has 0 bridgehead atoms. The minimum absolute atomic E-state index is 0. The fourth-order valence-electron chi connectivity index (χ4n) is 2.83. The van der Waals surface area contributed by atoms with Gasteiger partial charge in [0.2, 0.25) is 0 Å². The predicted molar refractivity (Wildman–Crippen MR) is 113 cm³/mol. The van der Waals surface area contributed by atoms with Gasteiger partial charge < -0.3 is 15.5 Å². The highest BCUT2D eigenvalue weighted by Gasteiger charge is 2.11. The lowest BCUT2D eigenvalue weighted by Gasteiger charge is -2.22. The van der Waals surface area contributed by atoms with Crippen molar-refractivity contribution in [3.8, 4) is 0 Å². The van der Waals surface area contributed by atoms with Crippen LogP contribution in [-0.2, 0) is 6.54 Å². The van der Waals surface area contributed by atoms with Crippen LogP contribution in [0, 0.1) is 0 Å². The number of pyridine rings is 1. The number of rotatable bonds is 6. The topological polar surface area (TPSA) is 52.6 Å². The van der Waals surface area contributed by atoms with E-state index in [0.29, 0.717) is 0 Å². The summed E-state index contributed by atoms with van der Waals surface area (Å²) in [5, 5.41) is 6.72. The highest BCUT2D eigenvalue weighted by Crippen LogP contribution is 2.18. The van der Waals surface area contributed by atoms with Crippen LogP contribution >= 0.6 is 24.0 Å². The first-order chi connectivity index (χ1) is 11.3. The smallest absolute Gasteiger partial charge is 0.191 e. The third-order valence-electron chi connectivity index (χ3n) is 4.25. The monoisotopic (exact) mass is 445 g/mol. The van der Waals surface area contributed by atoms with Gasteiger partial charge in [0.1, 0.15) is 5.82 Å². The molecule has 1 aliphatic heterocycles. The van der Waals surface area contributed by atoms with Gasteiger partial charge in [0.05, 0.1) is 0 Å². The molecule has 24 heavy (non-hydrogen) atoms. The van der Waals surface area contributed by atoms with Gasteiger partial charge in [-0.2, -0.15) is 0 Å². The first kappa shape index (κ1) is 21.0. The maximum absolute atomic E-state index is 4.56. The van der Waals surface area contributed by atoms with Crippen molar-refractivity contribution < 1.29 is 0 Å². The highest BCUT2D eigenvalue weighted by atomic mass is 127. The average molecular weight is 445 g/mol. The molecule has 2 heterocycles. The molecule has 0 unspecified atom stereocenters. The third-order valence-corrected chi connectivity index (χ3v) is 4.25. The van der Waals surface area contributed by atoms with Crippen molar-refractivity contribution >= 4 is 35.8 Å². The van der Waals surface area contributed by atoms with Crippen LogP contribution < -0.4 is 15.5 Å². The number of aromatic nitrogens is 1. The number of halogens is 1. The second-order valence-electron chi connectivity index (χ2n) is 6.13. The van der Waals surface area contributed by atoms with Gasteiger partial charge in [0.25, 0.3) is 0 Å². The van der Waals surface area contributed by atoms with E-state index in [1.165, 1.54) is 37.7 Å². The minimum Gasteiger partial charge on any atom is -0.357 e. The molecule has 1 saturated heterocycles. The second kappa shape index (κ2) is 12.3. The van der Waals surface area contributed by atoms with Crippen LogP contribution in [0.15, 0.2) is 23.3 Å². The number of unbranched alkanes of at least 4 members (excludes halogenated alkanes) is 1. The van der Waals surface area contributed by atoms with E-state index in [9.17, 15) is 0 Å². The summed E-state index contributed by atoms with van der Waals surface area (Å²) in [6.45, 7) is 6.19. The molecule has 1 aromatic rings. The van der Waals surface area contributed by atoms with Gasteiger partial charge >= 0.3 is 0 Å². The van der Waals surface area contributed by atoms with Crippen molar-refractivity contribution in [2.75, 3.05) is 31.6 Å². The van der Waals surface area contributed by atoms with E-state index in [4.69, 9.17) is 0 Å². The molecule has 0 radical (unpaired) electrons. The summed E-state index contributed by atoms with van der Waals surface area (Å²) < 4.78 is 0. The molecule has 1 aromatic heterocycles. The van der Waals surface area contributed by atoms with Crippen LogP contribution in [0.4, 0.5) is 5.82 Å². The SMILES string of the molecule is CCCCNC(=NC)NCc1ccnc(N2CCCCCC2)c1.I. The number of anilines is 1. The van der Waals surface area contributed by atoms with E-state index in [2.05, 4.69) is 44.6 Å². The van der Waals surface area contributed by atoms with Crippen LogP contribution in [0.25, 0.3) is 0 Å². The van der Waals surface area contributed by atoms with Gasteiger partial charge in [0, 0.05) is 39.4 Å².